The molecule has 0 spiro atoms. The molecule has 1 amide bonds. The zero-order valence-electron chi connectivity index (χ0n) is 20.6. The molecule has 37 heavy (non-hydrogen) atoms. The van der Waals surface area contributed by atoms with Gasteiger partial charge in [-0.2, -0.15) is 13.2 Å². The number of ketones is 1. The Morgan fingerprint density at radius 2 is 1.68 bits per heavy atom. The minimum absolute atomic E-state index is 0.0347. The first kappa shape index (κ1) is 27.0. The van der Waals surface area contributed by atoms with Gasteiger partial charge in [0.1, 0.15) is 5.78 Å². The smallest absolute Gasteiger partial charge is 0.367 e. The van der Waals surface area contributed by atoms with Crippen LogP contribution >= 0.6 is 0 Å². The standard InChI is InChI=1S/C27H30F5N3O2/c1-33(17-27(30,31)32)20-11-13-34(16-20)22-9-10-23(25(29)24(22)28)35-12-5-8-19(26(35)37)15-21(36)14-18-6-3-2-4-7-18/h2-4,6-7,9-10,19-20H,5,8,11-17H2,1H3/t19-,20?/m0/s1. The van der Waals surface area contributed by atoms with Gasteiger partial charge in [-0.15, -0.1) is 0 Å². The maximum Gasteiger partial charge on any atom is 0.401 e. The largest absolute Gasteiger partial charge is 0.401 e. The van der Waals surface area contributed by atoms with Crippen LogP contribution in [0.5, 0.6) is 0 Å². The Bertz CT molecular complexity index is 1130. The molecule has 2 aromatic rings. The van der Waals surface area contributed by atoms with E-state index >= 15 is 8.78 Å². The fourth-order valence-electron chi connectivity index (χ4n) is 5.26. The summed E-state index contributed by atoms with van der Waals surface area (Å²) in [7, 11) is 1.37. The Labute approximate surface area is 212 Å². The van der Waals surface area contributed by atoms with Gasteiger partial charge in [-0.25, -0.2) is 8.78 Å². The summed E-state index contributed by atoms with van der Waals surface area (Å²) in [6.07, 6.45) is -2.66. The van der Waals surface area contributed by atoms with Crippen LogP contribution < -0.4 is 9.80 Å². The van der Waals surface area contributed by atoms with E-state index in [1.165, 1.54) is 33.9 Å². The molecule has 2 heterocycles. The lowest BCUT2D eigenvalue weighted by Crippen LogP contribution is -2.43. The molecule has 0 radical (unpaired) electrons. The normalized spacial score (nSPS) is 20.7. The number of likely N-dealkylation sites (N-methyl/N-ethyl adjacent to an activating group) is 1. The first-order valence-corrected chi connectivity index (χ1v) is 12.4. The number of amides is 1. The van der Waals surface area contributed by atoms with Gasteiger partial charge >= 0.3 is 6.18 Å². The number of halogens is 5. The molecule has 2 saturated heterocycles. The molecular formula is C27H30F5N3O2. The van der Waals surface area contributed by atoms with Crippen molar-refractivity contribution in [2.75, 3.05) is 43.0 Å². The molecule has 2 aliphatic heterocycles. The van der Waals surface area contributed by atoms with Crippen molar-refractivity contribution in [3.63, 3.8) is 0 Å². The number of anilines is 2. The van der Waals surface area contributed by atoms with Gasteiger partial charge in [0.05, 0.1) is 17.9 Å². The van der Waals surface area contributed by atoms with Gasteiger partial charge in [0, 0.05) is 44.4 Å². The predicted molar refractivity (Wildman–Crippen MR) is 131 cm³/mol. The van der Waals surface area contributed by atoms with E-state index in [9.17, 15) is 22.8 Å². The van der Waals surface area contributed by atoms with Crippen LogP contribution in [0.2, 0.25) is 0 Å². The van der Waals surface area contributed by atoms with Gasteiger partial charge in [-0.05, 0) is 44.0 Å². The van der Waals surface area contributed by atoms with Gasteiger partial charge in [-0.3, -0.25) is 14.5 Å². The summed E-state index contributed by atoms with van der Waals surface area (Å²) in [4.78, 5) is 29.6. The van der Waals surface area contributed by atoms with Crippen LogP contribution in [-0.4, -0.2) is 62.0 Å². The van der Waals surface area contributed by atoms with Crippen molar-refractivity contribution in [2.45, 2.75) is 44.3 Å². The van der Waals surface area contributed by atoms with Crippen molar-refractivity contribution in [2.24, 2.45) is 5.92 Å². The predicted octanol–water partition coefficient (Wildman–Crippen LogP) is 4.98. The summed E-state index contributed by atoms with van der Waals surface area (Å²) in [5.74, 6) is -3.40. The van der Waals surface area contributed by atoms with Crippen molar-refractivity contribution >= 4 is 23.1 Å². The summed E-state index contributed by atoms with van der Waals surface area (Å²) < 4.78 is 68.5. The second-order valence-corrected chi connectivity index (χ2v) is 9.88. The number of carbonyl (C=O) groups is 2. The molecule has 0 aromatic heterocycles. The molecule has 2 fully saturated rings. The van der Waals surface area contributed by atoms with Crippen LogP contribution in [0, 0.1) is 17.6 Å². The summed E-state index contributed by atoms with van der Waals surface area (Å²) in [6, 6.07) is 11.5. The monoisotopic (exact) mass is 523 g/mol. The number of Topliss-reactive ketones (excluding diaryl/α,β-unsaturated/α-hetero) is 1. The van der Waals surface area contributed by atoms with Crippen LogP contribution in [0.1, 0.15) is 31.2 Å². The lowest BCUT2D eigenvalue weighted by atomic mass is 9.90. The maximum atomic E-state index is 15.2. The van der Waals surface area contributed by atoms with E-state index in [0.717, 1.165) is 5.56 Å². The number of alkyl halides is 3. The van der Waals surface area contributed by atoms with E-state index in [2.05, 4.69) is 0 Å². The second-order valence-electron chi connectivity index (χ2n) is 9.88. The molecular weight excluding hydrogens is 493 g/mol. The van der Waals surface area contributed by atoms with Crippen molar-refractivity contribution in [1.29, 1.82) is 0 Å². The molecule has 10 heteroatoms. The Morgan fingerprint density at radius 3 is 2.38 bits per heavy atom. The number of rotatable bonds is 8. The van der Waals surface area contributed by atoms with Crippen LogP contribution in [-0.2, 0) is 16.0 Å². The van der Waals surface area contributed by atoms with Gasteiger partial charge in [-0.1, -0.05) is 30.3 Å². The average molecular weight is 524 g/mol. The molecule has 4 rings (SSSR count). The van der Waals surface area contributed by atoms with E-state index in [4.69, 9.17) is 0 Å². The lowest BCUT2D eigenvalue weighted by molar-refractivity contribution is -0.146. The average Bonchev–Trinajstić information content (AvgIpc) is 3.32. The summed E-state index contributed by atoms with van der Waals surface area (Å²) in [5.41, 5.74) is 0.629. The molecule has 5 nitrogen and oxygen atoms in total. The summed E-state index contributed by atoms with van der Waals surface area (Å²) in [6.45, 7) is -0.438. The van der Waals surface area contributed by atoms with E-state index in [1.54, 1.807) is 0 Å². The van der Waals surface area contributed by atoms with Crippen LogP contribution in [0.15, 0.2) is 42.5 Å². The van der Waals surface area contributed by atoms with Gasteiger partial charge in [0.15, 0.2) is 11.6 Å². The highest BCUT2D eigenvalue weighted by Crippen LogP contribution is 2.35. The quantitative estimate of drug-likeness (QED) is 0.458. The van der Waals surface area contributed by atoms with Crippen LogP contribution in [0.25, 0.3) is 0 Å². The van der Waals surface area contributed by atoms with Crippen LogP contribution in [0.3, 0.4) is 0 Å². The zero-order valence-corrected chi connectivity index (χ0v) is 20.6. The third-order valence-corrected chi connectivity index (χ3v) is 7.16. The first-order chi connectivity index (χ1) is 17.5. The maximum absolute atomic E-state index is 15.2. The second kappa shape index (κ2) is 11.2. The number of nitrogens with zero attached hydrogens (tertiary/aromatic N) is 3. The number of carbonyl (C=O) groups excluding carboxylic acids is 2. The fraction of sp³-hybridized carbons (Fsp3) is 0.481. The van der Waals surface area contributed by atoms with E-state index in [1.807, 2.05) is 30.3 Å². The molecule has 0 aliphatic carbocycles. The zero-order chi connectivity index (χ0) is 26.7. The SMILES string of the molecule is CN(CC(F)(F)F)C1CCN(c2ccc(N3CCC[C@@H](CC(=O)Cc4ccccc4)C3=O)c(F)c2F)C1. The topological polar surface area (TPSA) is 43.9 Å². The molecule has 2 aromatic carbocycles. The Morgan fingerprint density at radius 1 is 1.00 bits per heavy atom. The van der Waals surface area contributed by atoms with Crippen molar-refractivity contribution in [3.05, 3.63) is 59.7 Å². The number of hydrogen-bond donors (Lipinski definition) is 0. The highest BCUT2D eigenvalue weighted by atomic mass is 19.4. The van der Waals surface area contributed by atoms with Crippen molar-refractivity contribution < 1.29 is 31.5 Å². The van der Waals surface area contributed by atoms with Crippen LogP contribution in [0.4, 0.5) is 33.3 Å². The van der Waals surface area contributed by atoms with E-state index < -0.39 is 42.2 Å². The molecule has 0 bridgehead atoms. The van der Waals surface area contributed by atoms with Gasteiger partial charge < -0.3 is 9.80 Å². The number of hydrogen-bond acceptors (Lipinski definition) is 4. The Hall–Kier alpha value is -3.01. The Balaban J connectivity index is 1.43. The molecule has 1 unspecified atom stereocenters. The number of piperidine rings is 1. The third kappa shape index (κ3) is 6.47. The minimum Gasteiger partial charge on any atom is -0.367 e. The Kier molecular flexibility index (Phi) is 8.16. The first-order valence-electron chi connectivity index (χ1n) is 12.4. The van der Waals surface area contributed by atoms with Gasteiger partial charge in [0.2, 0.25) is 5.91 Å². The molecule has 2 atom stereocenters. The number of benzene rings is 2. The molecule has 0 saturated carbocycles. The molecule has 2 aliphatic rings. The molecule has 0 N–H and O–H groups in total. The van der Waals surface area contributed by atoms with Crippen molar-refractivity contribution in [1.82, 2.24) is 4.90 Å². The highest BCUT2D eigenvalue weighted by Gasteiger charge is 2.37. The highest BCUT2D eigenvalue weighted by molar-refractivity contribution is 5.98. The minimum atomic E-state index is -4.34. The summed E-state index contributed by atoms with van der Waals surface area (Å²) >= 11 is 0. The molecule has 200 valence electrons. The van der Waals surface area contributed by atoms with E-state index in [0.29, 0.717) is 19.3 Å². The lowest BCUT2D eigenvalue weighted by Gasteiger charge is -2.33. The summed E-state index contributed by atoms with van der Waals surface area (Å²) in [5, 5.41) is 0. The van der Waals surface area contributed by atoms with E-state index in [-0.39, 0.29) is 49.6 Å². The van der Waals surface area contributed by atoms with Crippen molar-refractivity contribution in [3.8, 4) is 0 Å². The van der Waals surface area contributed by atoms with Gasteiger partial charge in [0.25, 0.3) is 0 Å². The fourth-order valence-corrected chi connectivity index (χ4v) is 5.26. The third-order valence-electron chi connectivity index (χ3n) is 7.16.